The normalized spacial score (nSPS) is 0. The Morgan fingerprint density at radius 1 is 0.0600 bits per heavy atom. The van der Waals surface area contributed by atoms with Crippen LogP contribution >= 0.6 is 0 Å². The molecular weight excluding hydrogens is 891 g/mol. The summed E-state index contributed by atoms with van der Waals surface area (Å²) in [5.41, 5.74) is 0. The summed E-state index contributed by atoms with van der Waals surface area (Å²) in [6.45, 7) is 0. The Labute approximate surface area is 493 Å². The predicted octanol–water partition coefficient (Wildman–Crippen LogP) is -33.9. The van der Waals surface area contributed by atoms with Crippen LogP contribution in [0.25, 0.3) is 0 Å². The largest absolute Gasteiger partial charge is 2.00 e. The summed E-state index contributed by atoms with van der Waals surface area (Å²) in [6.07, 6.45) is 0. The van der Waals surface area contributed by atoms with Crippen LogP contribution in [-0.2, 0) is 0 Å². The Morgan fingerprint density at radius 3 is 0.0600 bits per heavy atom. The fourth-order valence-corrected chi connectivity index (χ4v) is 0. The monoisotopic (exact) mass is 988 g/mol. The molecule has 0 aliphatic carbocycles. The van der Waals surface area contributed by atoms with Crippen molar-refractivity contribution in [1.82, 2.24) is 0 Å². The second-order valence-electron chi connectivity index (χ2n) is 0. The number of hydrogen-bond donors (Lipinski definition) is 0. The van der Waals surface area contributed by atoms with Gasteiger partial charge in [0.2, 0.25) is 0 Å². The topological polar surface area (TPSA) is 1230 Å². The van der Waals surface area contributed by atoms with Gasteiger partial charge in [-0.2, -0.15) is 0 Å². The smallest absolute Gasteiger partial charge is 1.00 e. The van der Waals surface area contributed by atoms with E-state index in [-0.39, 0.29) is 499 Å². The van der Waals surface area contributed by atoms with Crippen LogP contribution in [0.4, 0.5) is 0 Å². The summed E-state index contributed by atoms with van der Waals surface area (Å²) in [6, 6.07) is 0. The molecule has 39 nitrogen and oxygen atoms in total. The van der Waals surface area contributed by atoms with E-state index < -0.39 is 0 Å². The molecule has 50 heteroatoms. The first-order valence-corrected chi connectivity index (χ1v) is 0. The molecule has 0 atom stereocenters. The van der Waals surface area contributed by atoms with Crippen LogP contribution in [0.1, 0.15) is 31.4 Å². The maximum atomic E-state index is 0. The van der Waals surface area contributed by atoms with Crippen molar-refractivity contribution in [1.29, 1.82) is 0 Å². The van der Waals surface area contributed by atoms with Gasteiger partial charge < -0.3 is 245 Å². The van der Waals surface area contributed by atoms with Gasteiger partial charge in [0.25, 0.3) is 0 Å². The molecule has 0 radical (unpaired) electrons. The average Bonchev–Trinajstić information content (AvgIpc) is 0. The van der Waals surface area contributed by atoms with Crippen molar-refractivity contribution in [3.63, 3.8) is 0 Å². The predicted molar refractivity (Wildman–Crippen MR) is 229 cm³/mol. The summed E-state index contributed by atoms with van der Waals surface area (Å²) in [7, 11) is 0. The third-order valence-corrected chi connectivity index (χ3v) is 0. The summed E-state index contributed by atoms with van der Waals surface area (Å²) in [4.78, 5) is 0. The van der Waals surface area contributed by atoms with E-state index in [1.807, 2.05) is 0 Å². The molecule has 0 fully saturated rings. The van der Waals surface area contributed by atoms with Gasteiger partial charge in [-0.25, -0.2) is 0 Å². The Balaban J connectivity index is 0. The third-order valence-electron chi connectivity index (χ3n) is 0. The first-order chi connectivity index (χ1) is 0. The fraction of sp³-hybridized carbons (Fsp3) is 0. The Hall–Kier alpha value is 6.87. The zero-order valence-electron chi connectivity index (χ0n) is 49.3. The molecular formula is H100Mg11O39. The minimum absolute atomic E-state index is 0. The molecule has 0 heterocycles. The summed E-state index contributed by atoms with van der Waals surface area (Å²) in [5.74, 6) is 0. The van der Waals surface area contributed by atoms with E-state index in [1.54, 1.807) is 0 Å². The maximum absolute atomic E-state index is 0. The van der Waals surface area contributed by atoms with Crippen LogP contribution in [0.15, 0.2) is 0 Å². The van der Waals surface area contributed by atoms with Gasteiger partial charge >= 0.3 is 254 Å². The van der Waals surface area contributed by atoms with Crippen LogP contribution in [0.3, 0.4) is 0 Å². The second-order valence-corrected chi connectivity index (χ2v) is 0. The van der Waals surface area contributed by atoms with E-state index in [1.165, 1.54) is 0 Å². The molecule has 0 spiro atoms. The van der Waals surface area contributed by atoms with Gasteiger partial charge in [0.15, 0.2) is 0 Å². The van der Waals surface area contributed by atoms with Crippen LogP contribution in [0, 0.1) is 0 Å². The summed E-state index contributed by atoms with van der Waals surface area (Å²) >= 11 is 0. The average molecular weight is 992 g/mol. The van der Waals surface area contributed by atoms with Crippen molar-refractivity contribution in [2.45, 2.75) is 0 Å². The van der Waals surface area contributed by atoms with E-state index in [0.717, 1.165) is 0 Å². The molecule has 0 saturated carbocycles. The molecule has 0 aliphatic heterocycles. The summed E-state index contributed by atoms with van der Waals surface area (Å²) < 4.78 is 0. The molecule has 0 bridgehead atoms. The van der Waals surface area contributed by atoms with Gasteiger partial charge in [-0.15, -0.1) is 0 Å². The maximum Gasteiger partial charge on any atom is 2.00 e. The van der Waals surface area contributed by atoms with Crippen molar-refractivity contribution in [3.8, 4) is 0 Å². The first-order valence-electron chi connectivity index (χ1n) is 0. The second kappa shape index (κ2) is 3570. The number of rotatable bonds is 0. The Bertz CT molecular complexity index is 102. The minimum atomic E-state index is 0. The molecule has 0 amide bonds. The molecule has 78 N–H and O–H groups in total. The molecule has 0 aromatic carbocycles. The van der Waals surface area contributed by atoms with Crippen LogP contribution in [-0.4, -0.2) is 467 Å². The van der Waals surface area contributed by atoms with E-state index in [2.05, 4.69) is 0 Å². The summed E-state index contributed by atoms with van der Waals surface area (Å²) in [5, 5.41) is 0. The number of hydrogen-bond acceptors (Lipinski definition) is 0. The van der Waals surface area contributed by atoms with Crippen LogP contribution < -0.4 is 0 Å². The van der Waals surface area contributed by atoms with Crippen molar-refractivity contribution < 1.29 is 245 Å². The molecule has 0 aliphatic rings. The van der Waals surface area contributed by atoms with Gasteiger partial charge in [0, 0.05) is 0 Å². The van der Waals surface area contributed by atoms with Gasteiger partial charge in [0.1, 0.15) is 0 Å². The Kier molecular flexibility index (Phi) is 268000. The van der Waals surface area contributed by atoms with E-state index in [9.17, 15) is 0 Å². The molecule has 356 valence electrons. The van der Waals surface area contributed by atoms with Crippen LogP contribution in [0.5, 0.6) is 0 Å². The molecule has 0 saturated heterocycles. The molecule has 50 heavy (non-hydrogen) atoms. The van der Waals surface area contributed by atoms with Crippen molar-refractivity contribution >= 4 is 254 Å². The molecule has 0 aromatic rings. The van der Waals surface area contributed by atoms with Gasteiger partial charge in [-0.1, -0.05) is 0 Å². The van der Waals surface area contributed by atoms with Crippen molar-refractivity contribution in [3.05, 3.63) is 0 Å². The minimum Gasteiger partial charge on any atom is -1.00 e. The van der Waals surface area contributed by atoms with Gasteiger partial charge in [-0.05, 0) is 0 Å². The van der Waals surface area contributed by atoms with E-state index >= 15 is 0 Å². The Morgan fingerprint density at radius 2 is 0.0600 bits per heavy atom. The van der Waals surface area contributed by atoms with Crippen molar-refractivity contribution in [2.24, 2.45) is 0 Å². The molecule has 0 aromatic heterocycles. The first kappa shape index (κ1) is 3760. The van der Waals surface area contributed by atoms with E-state index in [4.69, 9.17) is 0 Å². The third kappa shape index (κ3) is 3370. The SMILES string of the molecule is O.O.O.O.O.O.O.O.O.O.O.O.O.O.O.O.O.O.O.O.O.O.O.O.O.O.O.O.O.O.O.O.O.O.O.O.O.O.O.[H-].[H-].[H-].[H-].[H-].[H-].[H-].[H-].[H-].[H-].[H-].[H-].[H-].[H-].[H-].[H-].[H-].[H-].[H-].[H-].[H-].[H-].[Mg+2].[Mg+2].[Mg+2].[Mg+2].[Mg+2].[Mg+2].[Mg+2].[Mg+2].[Mg+2].[Mg+2].[Mg+2]. The van der Waals surface area contributed by atoms with Crippen molar-refractivity contribution in [2.75, 3.05) is 0 Å². The standard InChI is InChI=1S/11Mg.39H2O.22H/h;;;;;;;;;;;39*1H2;;;;;;;;;;;;;;;;;;;;;;/q11*+2;;;;;;;;;;;;;;;;;;;;;;;;;;;;;;;;;;;;;;;;22*-1. The quantitative estimate of drug-likeness (QED) is 0.204. The fourth-order valence-electron chi connectivity index (χ4n) is 0. The zero-order valence-corrected chi connectivity index (χ0v) is 42.8. The van der Waals surface area contributed by atoms with Gasteiger partial charge in [-0.3, -0.25) is 0 Å². The molecule has 0 unspecified atom stereocenters. The van der Waals surface area contributed by atoms with Gasteiger partial charge in [0.05, 0.1) is 0 Å². The van der Waals surface area contributed by atoms with E-state index in [0.29, 0.717) is 0 Å². The van der Waals surface area contributed by atoms with Crippen LogP contribution in [0.2, 0.25) is 0 Å². The zero-order chi connectivity index (χ0) is 0. The molecule has 0 rings (SSSR count).